The first-order chi connectivity index (χ1) is 18.6. The summed E-state index contributed by atoms with van der Waals surface area (Å²) in [4.78, 5) is 34.3. The van der Waals surface area contributed by atoms with Gasteiger partial charge in [0.05, 0.1) is 12.3 Å². The quantitative estimate of drug-likeness (QED) is 0.245. The molecular weight excluding hydrogens is 484 g/mol. The molecule has 190 valence electrons. The molecule has 0 spiro atoms. The van der Waals surface area contributed by atoms with Crippen LogP contribution in [0.4, 0.5) is 21.0 Å². The van der Waals surface area contributed by atoms with Gasteiger partial charge in [-0.3, -0.25) is 15.3 Å². The number of anilines is 2. The van der Waals surface area contributed by atoms with Gasteiger partial charge in [-0.15, -0.1) is 0 Å². The van der Waals surface area contributed by atoms with Crippen LogP contribution in [0.25, 0.3) is 21.5 Å². The lowest BCUT2D eigenvalue weighted by Gasteiger charge is -2.29. The van der Waals surface area contributed by atoms with Crippen LogP contribution in [0.3, 0.4) is 0 Å². The van der Waals surface area contributed by atoms with Crippen LogP contribution in [0.15, 0.2) is 104 Å². The van der Waals surface area contributed by atoms with E-state index in [1.807, 2.05) is 42.5 Å². The number of nitrogens with zero attached hydrogens (tertiary/aromatic N) is 3. The van der Waals surface area contributed by atoms with Gasteiger partial charge < -0.3 is 14.6 Å². The fourth-order valence-electron chi connectivity index (χ4n) is 4.05. The van der Waals surface area contributed by atoms with Gasteiger partial charge in [-0.25, -0.2) is 14.5 Å². The Kier molecular flexibility index (Phi) is 7.37. The van der Waals surface area contributed by atoms with Crippen LogP contribution >= 0.6 is 0 Å². The summed E-state index contributed by atoms with van der Waals surface area (Å²) in [6.07, 6.45) is 3.64. The van der Waals surface area contributed by atoms with Gasteiger partial charge in [0.25, 0.3) is 0 Å². The summed E-state index contributed by atoms with van der Waals surface area (Å²) in [5.74, 6) is 0. The Bertz CT molecular complexity index is 1580. The van der Waals surface area contributed by atoms with Crippen LogP contribution in [-0.4, -0.2) is 40.1 Å². The van der Waals surface area contributed by atoms with Gasteiger partial charge in [-0.05, 0) is 52.7 Å². The summed E-state index contributed by atoms with van der Waals surface area (Å²) in [5, 5.41) is 16.3. The number of pyridine rings is 2. The number of rotatable bonds is 8. The van der Waals surface area contributed by atoms with E-state index < -0.39 is 18.4 Å². The molecule has 0 saturated heterocycles. The normalized spacial score (nSPS) is 11.7. The van der Waals surface area contributed by atoms with Crippen molar-refractivity contribution in [3.05, 3.63) is 109 Å². The summed E-state index contributed by atoms with van der Waals surface area (Å²) in [5.41, 5.74) is 1.76. The maximum atomic E-state index is 12.7. The molecule has 2 aromatic heterocycles. The molecule has 9 heteroatoms. The first kappa shape index (κ1) is 24.7. The van der Waals surface area contributed by atoms with Crippen molar-refractivity contribution < 1.29 is 24.2 Å². The second-order valence-corrected chi connectivity index (χ2v) is 8.47. The van der Waals surface area contributed by atoms with Crippen LogP contribution in [0, 0.1) is 0 Å². The number of carbonyl (C=O) groups is 2. The summed E-state index contributed by atoms with van der Waals surface area (Å²) >= 11 is 0. The number of hydrogen-bond donors (Lipinski definition) is 2. The van der Waals surface area contributed by atoms with E-state index in [9.17, 15) is 14.7 Å². The molecule has 38 heavy (non-hydrogen) atoms. The van der Waals surface area contributed by atoms with Crippen molar-refractivity contribution in [3.63, 3.8) is 0 Å². The average Bonchev–Trinajstić information content (AvgIpc) is 2.94. The fourth-order valence-corrected chi connectivity index (χ4v) is 4.05. The minimum atomic E-state index is -1.25. The second-order valence-electron chi connectivity index (χ2n) is 8.47. The van der Waals surface area contributed by atoms with Crippen LogP contribution < -0.4 is 10.2 Å². The highest BCUT2D eigenvalue weighted by Crippen LogP contribution is 2.25. The van der Waals surface area contributed by atoms with E-state index in [2.05, 4.69) is 15.3 Å². The molecular formula is C29H24N4O5. The lowest BCUT2D eigenvalue weighted by molar-refractivity contribution is -0.00176. The van der Waals surface area contributed by atoms with E-state index in [-0.39, 0.29) is 13.2 Å². The molecule has 5 aromatic rings. The molecule has 1 atom stereocenters. The van der Waals surface area contributed by atoms with Crippen LogP contribution in [0.5, 0.6) is 0 Å². The standard InChI is InChI=1S/C29H24N4O5/c34-28(32-25-8-6-23-16-30-12-10-21(23)14-25)38-19-27(37-18-20-4-2-1-3-5-20)33(29(35)36)26-9-7-24-17-31-13-11-22(24)15-26/h1-17,27H,18-19H2,(H,32,34)(H,35,36). The van der Waals surface area contributed by atoms with E-state index in [0.717, 1.165) is 32.0 Å². The van der Waals surface area contributed by atoms with Gasteiger partial charge in [0.2, 0.25) is 0 Å². The summed E-state index contributed by atoms with van der Waals surface area (Å²) < 4.78 is 11.4. The first-order valence-electron chi connectivity index (χ1n) is 11.9. The molecule has 0 fully saturated rings. The zero-order chi connectivity index (χ0) is 26.3. The molecule has 2 amide bonds. The van der Waals surface area contributed by atoms with Crippen molar-refractivity contribution in [2.45, 2.75) is 12.8 Å². The number of carboxylic acid groups (broad SMARTS) is 1. The highest BCUT2D eigenvalue weighted by molar-refractivity contribution is 5.93. The molecule has 0 bridgehead atoms. The summed E-state index contributed by atoms with van der Waals surface area (Å²) in [7, 11) is 0. The number of fused-ring (bicyclic) bond motifs is 2. The van der Waals surface area contributed by atoms with E-state index in [4.69, 9.17) is 9.47 Å². The Balaban J connectivity index is 1.35. The number of aromatic nitrogens is 2. The van der Waals surface area contributed by atoms with Gasteiger partial charge in [0.1, 0.15) is 6.61 Å². The predicted octanol–water partition coefficient (Wildman–Crippen LogP) is 6.06. The predicted molar refractivity (Wildman–Crippen MR) is 144 cm³/mol. The van der Waals surface area contributed by atoms with Crippen molar-refractivity contribution in [2.75, 3.05) is 16.8 Å². The van der Waals surface area contributed by atoms with Gasteiger partial charge in [-0.1, -0.05) is 42.5 Å². The lowest BCUT2D eigenvalue weighted by Crippen LogP contribution is -2.45. The van der Waals surface area contributed by atoms with E-state index >= 15 is 0 Å². The first-order valence-corrected chi connectivity index (χ1v) is 11.9. The van der Waals surface area contributed by atoms with Gasteiger partial charge in [-0.2, -0.15) is 0 Å². The molecule has 2 heterocycles. The minimum absolute atomic E-state index is 0.122. The zero-order valence-electron chi connectivity index (χ0n) is 20.2. The van der Waals surface area contributed by atoms with Gasteiger partial charge in [0, 0.05) is 41.2 Å². The van der Waals surface area contributed by atoms with Gasteiger partial charge >= 0.3 is 12.2 Å². The topological polar surface area (TPSA) is 114 Å². The maximum absolute atomic E-state index is 12.7. The lowest BCUT2D eigenvalue weighted by atomic mass is 10.1. The summed E-state index contributed by atoms with van der Waals surface area (Å²) in [6, 6.07) is 23.5. The molecule has 5 rings (SSSR count). The van der Waals surface area contributed by atoms with Crippen LogP contribution in [-0.2, 0) is 16.1 Å². The highest BCUT2D eigenvalue weighted by atomic mass is 16.6. The Hall–Kier alpha value is -5.02. The zero-order valence-corrected chi connectivity index (χ0v) is 20.2. The molecule has 0 radical (unpaired) electrons. The van der Waals surface area contributed by atoms with Crippen LogP contribution in [0.2, 0.25) is 0 Å². The minimum Gasteiger partial charge on any atom is -0.465 e. The van der Waals surface area contributed by atoms with E-state index in [0.29, 0.717) is 11.4 Å². The van der Waals surface area contributed by atoms with E-state index in [1.165, 1.54) is 0 Å². The Morgan fingerprint density at radius 1 is 0.842 bits per heavy atom. The maximum Gasteiger partial charge on any atom is 0.414 e. The highest BCUT2D eigenvalue weighted by Gasteiger charge is 2.28. The monoisotopic (exact) mass is 508 g/mol. The van der Waals surface area contributed by atoms with Crippen molar-refractivity contribution in [1.29, 1.82) is 0 Å². The third-order valence-electron chi connectivity index (χ3n) is 5.93. The smallest absolute Gasteiger partial charge is 0.414 e. The number of nitrogens with one attached hydrogen (secondary N) is 1. The number of ether oxygens (including phenoxy) is 2. The fraction of sp³-hybridized carbons (Fsp3) is 0.103. The van der Waals surface area contributed by atoms with Crippen molar-refractivity contribution in [1.82, 2.24) is 9.97 Å². The molecule has 0 aliphatic heterocycles. The Morgan fingerprint density at radius 3 is 2.24 bits per heavy atom. The van der Waals surface area contributed by atoms with Crippen molar-refractivity contribution in [3.8, 4) is 0 Å². The number of amides is 2. The number of carbonyl (C=O) groups excluding carboxylic acids is 1. The van der Waals surface area contributed by atoms with Crippen molar-refractivity contribution in [2.24, 2.45) is 0 Å². The summed E-state index contributed by atoms with van der Waals surface area (Å²) in [6.45, 7) is -0.215. The average molecular weight is 509 g/mol. The van der Waals surface area contributed by atoms with E-state index in [1.54, 1.807) is 61.2 Å². The molecule has 0 aliphatic carbocycles. The molecule has 0 aliphatic rings. The number of benzene rings is 3. The molecule has 0 saturated carbocycles. The molecule has 3 aromatic carbocycles. The number of hydrogen-bond acceptors (Lipinski definition) is 6. The third-order valence-corrected chi connectivity index (χ3v) is 5.93. The Labute approximate surface area is 218 Å². The molecule has 1 unspecified atom stereocenters. The molecule has 2 N–H and O–H groups in total. The second kappa shape index (κ2) is 11.4. The largest absolute Gasteiger partial charge is 0.465 e. The van der Waals surface area contributed by atoms with Gasteiger partial charge in [0.15, 0.2) is 6.23 Å². The SMILES string of the molecule is O=C(Nc1ccc2cnccc2c1)OCC(OCc1ccccc1)N(C(=O)O)c1ccc2cnccc2c1. The Morgan fingerprint density at radius 2 is 1.53 bits per heavy atom. The van der Waals surface area contributed by atoms with Crippen LogP contribution in [0.1, 0.15) is 5.56 Å². The molecule has 9 nitrogen and oxygen atoms in total. The van der Waals surface area contributed by atoms with Crippen molar-refractivity contribution >= 4 is 45.1 Å². The third kappa shape index (κ3) is 5.85.